The number of methoxy groups -OCH3 is 1. The van der Waals surface area contributed by atoms with Crippen molar-refractivity contribution < 1.29 is 17.7 Å². The van der Waals surface area contributed by atoms with E-state index in [1.807, 2.05) is 20.8 Å². The molecule has 0 fully saturated rings. The fraction of sp³-hybridized carbons (Fsp3) is 0.538. The normalized spacial score (nSPS) is 15.1. The molecule has 108 valence electrons. The number of halogens is 2. The first kappa shape index (κ1) is 16.0. The molecule has 0 aliphatic rings. The standard InChI is InChI=1S/C13H19F2NO2S/c1-8(16-19(17)13(2,3)4)10-6-9(14)7-11(15)12(10)18-5/h6-8,16H,1-5H3/t8-,19+/m0/s1. The predicted molar refractivity (Wildman–Crippen MR) is 72.4 cm³/mol. The van der Waals surface area contributed by atoms with Gasteiger partial charge in [0.15, 0.2) is 11.6 Å². The second kappa shape index (κ2) is 5.96. The van der Waals surface area contributed by atoms with Crippen LogP contribution in [-0.4, -0.2) is 16.1 Å². The molecule has 19 heavy (non-hydrogen) atoms. The molecule has 1 aromatic rings. The maximum Gasteiger partial charge on any atom is 0.168 e. The molecule has 0 saturated heterocycles. The van der Waals surface area contributed by atoms with Gasteiger partial charge in [0.25, 0.3) is 0 Å². The van der Waals surface area contributed by atoms with Gasteiger partial charge >= 0.3 is 0 Å². The van der Waals surface area contributed by atoms with Gasteiger partial charge in [-0.3, -0.25) is 0 Å². The zero-order valence-corrected chi connectivity index (χ0v) is 12.5. The molecule has 0 spiro atoms. The number of benzene rings is 1. The monoisotopic (exact) mass is 291 g/mol. The van der Waals surface area contributed by atoms with Gasteiger partial charge < -0.3 is 4.74 Å². The summed E-state index contributed by atoms with van der Waals surface area (Å²) in [6.07, 6.45) is 0. The van der Waals surface area contributed by atoms with Gasteiger partial charge in [0, 0.05) is 17.7 Å². The van der Waals surface area contributed by atoms with Crippen molar-refractivity contribution in [3.05, 3.63) is 29.3 Å². The van der Waals surface area contributed by atoms with Crippen LogP contribution in [0.1, 0.15) is 39.3 Å². The molecular formula is C13H19F2NO2S. The van der Waals surface area contributed by atoms with E-state index in [4.69, 9.17) is 4.74 Å². The number of nitrogens with one attached hydrogen (secondary N) is 1. The molecule has 0 aromatic heterocycles. The minimum absolute atomic E-state index is 0.0349. The molecule has 2 atom stereocenters. The molecule has 0 aliphatic carbocycles. The smallest absolute Gasteiger partial charge is 0.168 e. The van der Waals surface area contributed by atoms with E-state index in [0.29, 0.717) is 5.56 Å². The molecule has 0 bridgehead atoms. The Hall–Kier alpha value is -1.01. The summed E-state index contributed by atoms with van der Waals surface area (Å²) < 4.78 is 46.1. The van der Waals surface area contributed by atoms with Crippen molar-refractivity contribution in [2.45, 2.75) is 38.5 Å². The third kappa shape index (κ3) is 3.98. The highest BCUT2D eigenvalue weighted by molar-refractivity contribution is 7.84. The number of hydrogen-bond donors (Lipinski definition) is 1. The van der Waals surface area contributed by atoms with Crippen molar-refractivity contribution in [2.24, 2.45) is 0 Å². The lowest BCUT2D eigenvalue weighted by molar-refractivity contribution is 0.374. The molecule has 0 saturated carbocycles. The summed E-state index contributed by atoms with van der Waals surface area (Å²) in [7, 11) is -0.0291. The molecule has 0 unspecified atom stereocenters. The SMILES string of the molecule is COc1c(F)cc(F)cc1[C@H](C)N[S@](=O)C(C)(C)C. The zero-order valence-electron chi connectivity index (χ0n) is 11.7. The molecule has 0 amide bonds. The lowest BCUT2D eigenvalue weighted by atomic mass is 10.1. The van der Waals surface area contributed by atoms with Gasteiger partial charge in [0.05, 0.1) is 22.8 Å². The van der Waals surface area contributed by atoms with Crippen molar-refractivity contribution in [1.29, 1.82) is 0 Å². The molecule has 3 nitrogen and oxygen atoms in total. The van der Waals surface area contributed by atoms with Crippen molar-refractivity contribution in [3.63, 3.8) is 0 Å². The molecule has 0 heterocycles. The van der Waals surface area contributed by atoms with Crippen LogP contribution < -0.4 is 9.46 Å². The van der Waals surface area contributed by atoms with Crippen molar-refractivity contribution in [3.8, 4) is 5.75 Å². The van der Waals surface area contributed by atoms with Gasteiger partial charge in [0.2, 0.25) is 0 Å². The summed E-state index contributed by atoms with van der Waals surface area (Å²) >= 11 is 0. The molecule has 1 rings (SSSR count). The maximum atomic E-state index is 13.6. The molecule has 6 heteroatoms. The van der Waals surface area contributed by atoms with Crippen LogP contribution in [0.3, 0.4) is 0 Å². The molecule has 1 aromatic carbocycles. The quantitative estimate of drug-likeness (QED) is 0.926. The molecule has 0 radical (unpaired) electrons. The Morgan fingerprint density at radius 2 is 1.89 bits per heavy atom. The number of ether oxygens (including phenoxy) is 1. The highest BCUT2D eigenvalue weighted by Crippen LogP contribution is 2.30. The van der Waals surface area contributed by atoms with Gasteiger partial charge in [-0.25, -0.2) is 17.7 Å². The average molecular weight is 291 g/mol. The van der Waals surface area contributed by atoms with E-state index in [0.717, 1.165) is 6.07 Å². The minimum atomic E-state index is -1.34. The Kier molecular flexibility index (Phi) is 5.04. The highest BCUT2D eigenvalue weighted by atomic mass is 32.2. The van der Waals surface area contributed by atoms with E-state index in [1.54, 1.807) is 6.92 Å². The molecular weight excluding hydrogens is 272 g/mol. The summed E-state index contributed by atoms with van der Waals surface area (Å²) in [5.74, 6) is -1.50. The first-order chi connectivity index (χ1) is 8.66. The summed E-state index contributed by atoms with van der Waals surface area (Å²) in [5.41, 5.74) is 0.303. The van der Waals surface area contributed by atoms with Crippen LogP contribution in [0.5, 0.6) is 5.75 Å². The van der Waals surface area contributed by atoms with Gasteiger partial charge in [-0.15, -0.1) is 0 Å². The Bertz CT molecular complexity index is 486. The Morgan fingerprint density at radius 3 is 2.37 bits per heavy atom. The fourth-order valence-electron chi connectivity index (χ4n) is 1.52. The highest BCUT2D eigenvalue weighted by Gasteiger charge is 2.24. The Labute approximate surface area is 114 Å². The maximum absolute atomic E-state index is 13.6. The molecule has 1 N–H and O–H groups in total. The summed E-state index contributed by atoms with van der Waals surface area (Å²) in [6.45, 7) is 7.12. The summed E-state index contributed by atoms with van der Waals surface area (Å²) in [6, 6.07) is 1.44. The van der Waals surface area contributed by atoms with Crippen LogP contribution in [0.15, 0.2) is 12.1 Å². The van der Waals surface area contributed by atoms with Crippen LogP contribution in [0.4, 0.5) is 8.78 Å². The van der Waals surface area contributed by atoms with Crippen molar-refractivity contribution in [1.82, 2.24) is 4.72 Å². The van der Waals surface area contributed by atoms with Crippen LogP contribution in [0, 0.1) is 11.6 Å². The minimum Gasteiger partial charge on any atom is -0.493 e. The zero-order chi connectivity index (χ0) is 14.8. The van der Waals surface area contributed by atoms with E-state index in [9.17, 15) is 13.0 Å². The Morgan fingerprint density at radius 1 is 1.32 bits per heavy atom. The number of rotatable bonds is 4. The van der Waals surface area contributed by atoms with Crippen LogP contribution in [0.25, 0.3) is 0 Å². The second-order valence-electron chi connectivity index (χ2n) is 5.23. The summed E-state index contributed by atoms with van der Waals surface area (Å²) in [5, 5.41) is 0. The van der Waals surface area contributed by atoms with Gasteiger partial charge in [-0.05, 0) is 33.8 Å². The summed E-state index contributed by atoms with van der Waals surface area (Å²) in [4.78, 5) is 0. The van der Waals surface area contributed by atoms with E-state index in [-0.39, 0.29) is 5.75 Å². The van der Waals surface area contributed by atoms with Gasteiger partial charge in [-0.1, -0.05) is 0 Å². The van der Waals surface area contributed by atoms with Crippen LogP contribution >= 0.6 is 0 Å². The van der Waals surface area contributed by atoms with E-state index >= 15 is 0 Å². The lowest BCUT2D eigenvalue weighted by Crippen LogP contribution is -2.35. The van der Waals surface area contributed by atoms with Gasteiger partial charge in [-0.2, -0.15) is 0 Å². The first-order valence-electron chi connectivity index (χ1n) is 5.87. The molecule has 0 aliphatic heterocycles. The fourth-order valence-corrected chi connectivity index (χ4v) is 2.32. The first-order valence-corrected chi connectivity index (χ1v) is 7.02. The second-order valence-corrected chi connectivity index (χ2v) is 7.23. The van der Waals surface area contributed by atoms with Gasteiger partial charge in [0.1, 0.15) is 5.82 Å². The van der Waals surface area contributed by atoms with Crippen LogP contribution in [0.2, 0.25) is 0 Å². The van der Waals surface area contributed by atoms with E-state index < -0.39 is 33.4 Å². The Balaban J connectivity index is 3.06. The van der Waals surface area contributed by atoms with E-state index in [1.165, 1.54) is 13.2 Å². The van der Waals surface area contributed by atoms with Crippen molar-refractivity contribution in [2.75, 3.05) is 7.11 Å². The number of hydrogen-bond acceptors (Lipinski definition) is 2. The van der Waals surface area contributed by atoms with Crippen molar-refractivity contribution >= 4 is 11.0 Å². The average Bonchev–Trinajstić information content (AvgIpc) is 2.26. The lowest BCUT2D eigenvalue weighted by Gasteiger charge is -2.23. The third-order valence-corrected chi connectivity index (χ3v) is 4.23. The third-order valence-electron chi connectivity index (χ3n) is 2.55. The predicted octanol–water partition coefficient (Wildman–Crippen LogP) is 3.09. The topological polar surface area (TPSA) is 38.3 Å². The largest absolute Gasteiger partial charge is 0.493 e. The van der Waals surface area contributed by atoms with E-state index in [2.05, 4.69) is 4.72 Å². The van der Waals surface area contributed by atoms with Crippen LogP contribution in [-0.2, 0) is 11.0 Å².